The van der Waals surface area contributed by atoms with Gasteiger partial charge in [-0.2, -0.15) is 0 Å². The smallest absolute Gasteiger partial charge is 0.306 e. The molecule has 1 fully saturated rings. The van der Waals surface area contributed by atoms with Crippen molar-refractivity contribution >= 4 is 11.9 Å². The van der Waals surface area contributed by atoms with Crippen molar-refractivity contribution in [1.82, 2.24) is 0 Å². The van der Waals surface area contributed by atoms with E-state index in [-0.39, 0.29) is 26.1 Å². The lowest BCUT2D eigenvalue weighted by molar-refractivity contribution is -0.305. The average molecular weight is 725 g/mol. The van der Waals surface area contributed by atoms with E-state index in [2.05, 4.69) is 50.3 Å². The Balaban J connectivity index is 2.40. The van der Waals surface area contributed by atoms with E-state index in [1.165, 1.54) is 32.1 Å². The highest BCUT2D eigenvalue weighted by Gasteiger charge is 2.44. The molecule has 1 aliphatic heterocycles. The first kappa shape index (κ1) is 46.9. The van der Waals surface area contributed by atoms with Crippen LogP contribution in [0.5, 0.6) is 0 Å². The normalized spacial score (nSPS) is 21.6. The molecule has 2 unspecified atom stereocenters. The summed E-state index contributed by atoms with van der Waals surface area (Å²) in [6.45, 7) is 3.31. The molecule has 6 atom stereocenters. The van der Waals surface area contributed by atoms with Crippen LogP contribution < -0.4 is 0 Å². The first-order chi connectivity index (χ1) is 24.8. The molecular formula is C41H72O10. The zero-order valence-corrected chi connectivity index (χ0v) is 31.8. The van der Waals surface area contributed by atoms with Gasteiger partial charge in [0.25, 0.3) is 0 Å². The molecule has 4 N–H and O–H groups in total. The Hall–Kier alpha value is -2.08. The number of carbonyl (C=O) groups is 2. The van der Waals surface area contributed by atoms with Crippen molar-refractivity contribution in [1.29, 1.82) is 0 Å². The molecule has 1 saturated heterocycles. The Kier molecular flexibility index (Phi) is 30.0. The number of ether oxygens (including phenoxy) is 4. The highest BCUT2D eigenvalue weighted by Crippen LogP contribution is 2.22. The number of allylic oxidation sites excluding steroid dienone is 6. The minimum atomic E-state index is -1.60. The minimum Gasteiger partial charge on any atom is -0.462 e. The molecule has 0 aromatic heterocycles. The predicted octanol–water partition coefficient (Wildman–Crippen LogP) is 7.55. The van der Waals surface area contributed by atoms with E-state index < -0.39 is 55.4 Å². The molecule has 296 valence electrons. The Labute approximate surface area is 308 Å². The van der Waals surface area contributed by atoms with Crippen LogP contribution in [0.3, 0.4) is 0 Å². The van der Waals surface area contributed by atoms with Crippen LogP contribution in [0.25, 0.3) is 0 Å². The molecule has 10 nitrogen and oxygen atoms in total. The molecule has 10 heteroatoms. The number of esters is 2. The number of aliphatic hydroxyl groups excluding tert-OH is 4. The van der Waals surface area contributed by atoms with Gasteiger partial charge in [-0.1, -0.05) is 115 Å². The summed E-state index contributed by atoms with van der Waals surface area (Å²) in [7, 11) is 0. The number of carbonyl (C=O) groups excluding carboxylic acids is 2. The molecule has 0 radical (unpaired) electrons. The molecule has 0 aromatic rings. The Bertz CT molecular complexity index is 933. The zero-order valence-electron chi connectivity index (χ0n) is 31.8. The van der Waals surface area contributed by atoms with Crippen molar-refractivity contribution < 1.29 is 49.0 Å². The van der Waals surface area contributed by atoms with E-state index in [0.717, 1.165) is 83.5 Å². The van der Waals surface area contributed by atoms with Crippen LogP contribution in [0, 0.1) is 0 Å². The second kappa shape index (κ2) is 32.6. The fraction of sp³-hybridized carbons (Fsp3) is 0.805. The maximum absolute atomic E-state index is 12.7. The second-order valence-electron chi connectivity index (χ2n) is 13.7. The van der Waals surface area contributed by atoms with Crippen molar-refractivity contribution in [3.8, 4) is 0 Å². The summed E-state index contributed by atoms with van der Waals surface area (Å²) in [4.78, 5) is 25.2. The number of hydrogen-bond donors (Lipinski definition) is 4. The monoisotopic (exact) mass is 725 g/mol. The minimum absolute atomic E-state index is 0.216. The van der Waals surface area contributed by atoms with Gasteiger partial charge in [-0.25, -0.2) is 0 Å². The first-order valence-corrected chi connectivity index (χ1v) is 20.1. The van der Waals surface area contributed by atoms with E-state index >= 15 is 0 Å². The molecule has 0 aromatic carbocycles. The standard InChI is InChI=1S/C41H72O10/c1-3-5-7-9-11-13-15-17-18-20-21-23-25-27-29-36(43)48-32-34(33-49-41-40(47)39(46)38(45)35(31-42)51-41)50-37(44)30-28-26-24-22-19-16-14-12-10-8-6-4-2/h9,11-12,14-15,17,34-35,38-42,45-47H,3-8,10,13,16,18-33H2,1-2H3/b11-9+,14-12+,17-15+/t34-,35-,38+,39?,40?,41-/m0/s1. The number of hydrogen-bond acceptors (Lipinski definition) is 10. The van der Waals surface area contributed by atoms with Crippen LogP contribution in [0.2, 0.25) is 0 Å². The van der Waals surface area contributed by atoms with Gasteiger partial charge < -0.3 is 39.4 Å². The zero-order chi connectivity index (χ0) is 37.4. The van der Waals surface area contributed by atoms with Crippen LogP contribution in [-0.4, -0.2) is 89.0 Å². The van der Waals surface area contributed by atoms with Gasteiger partial charge in [0.2, 0.25) is 0 Å². The van der Waals surface area contributed by atoms with Crippen molar-refractivity contribution in [3.63, 3.8) is 0 Å². The van der Waals surface area contributed by atoms with Crippen LogP contribution in [0.1, 0.15) is 155 Å². The van der Waals surface area contributed by atoms with Crippen LogP contribution in [0.15, 0.2) is 36.5 Å². The third-order valence-electron chi connectivity index (χ3n) is 9.00. The Morgan fingerprint density at radius 1 is 0.608 bits per heavy atom. The molecular weight excluding hydrogens is 652 g/mol. The van der Waals surface area contributed by atoms with E-state index in [1.807, 2.05) is 0 Å². The second-order valence-corrected chi connectivity index (χ2v) is 13.7. The summed E-state index contributed by atoms with van der Waals surface area (Å²) in [6, 6.07) is 0. The lowest BCUT2D eigenvalue weighted by Crippen LogP contribution is -2.59. The third kappa shape index (κ3) is 24.7. The highest BCUT2D eigenvalue weighted by atomic mass is 16.7. The highest BCUT2D eigenvalue weighted by molar-refractivity contribution is 5.70. The summed E-state index contributed by atoms with van der Waals surface area (Å²) in [6.07, 6.45) is 27.2. The van der Waals surface area contributed by atoms with E-state index in [9.17, 15) is 30.0 Å². The molecule has 1 heterocycles. The number of rotatable bonds is 32. The van der Waals surface area contributed by atoms with Gasteiger partial charge >= 0.3 is 11.9 Å². The van der Waals surface area contributed by atoms with Gasteiger partial charge in [0.15, 0.2) is 12.4 Å². The summed E-state index contributed by atoms with van der Waals surface area (Å²) < 4.78 is 22.0. The Morgan fingerprint density at radius 2 is 1.12 bits per heavy atom. The summed E-state index contributed by atoms with van der Waals surface area (Å²) in [5.41, 5.74) is 0. The first-order valence-electron chi connectivity index (χ1n) is 20.1. The largest absolute Gasteiger partial charge is 0.462 e. The quantitative estimate of drug-likeness (QED) is 0.0311. The third-order valence-corrected chi connectivity index (χ3v) is 9.00. The van der Waals surface area contributed by atoms with Crippen molar-refractivity contribution in [3.05, 3.63) is 36.5 Å². The molecule has 0 saturated carbocycles. The van der Waals surface area contributed by atoms with Gasteiger partial charge in [-0.15, -0.1) is 0 Å². The fourth-order valence-corrected chi connectivity index (χ4v) is 5.73. The van der Waals surface area contributed by atoms with Gasteiger partial charge in [0, 0.05) is 12.8 Å². The van der Waals surface area contributed by atoms with Gasteiger partial charge in [0.05, 0.1) is 13.2 Å². The molecule has 1 aliphatic rings. The molecule has 0 amide bonds. The van der Waals surface area contributed by atoms with Crippen LogP contribution >= 0.6 is 0 Å². The SMILES string of the molecule is CCCC/C=C/C/C=C/CCCCCCCC(=O)OC[C@@H](CO[C@H]1O[C@@H](CO)[C@@H](O)C(O)C1O)OC(=O)CCCCCCC/C=C/CCCCC. The van der Waals surface area contributed by atoms with Gasteiger partial charge in [-0.3, -0.25) is 9.59 Å². The molecule has 0 bridgehead atoms. The average Bonchev–Trinajstić information content (AvgIpc) is 3.13. The molecule has 0 spiro atoms. The van der Waals surface area contributed by atoms with E-state index in [0.29, 0.717) is 12.8 Å². The lowest BCUT2D eigenvalue weighted by Gasteiger charge is -2.39. The predicted molar refractivity (Wildman–Crippen MR) is 201 cm³/mol. The van der Waals surface area contributed by atoms with Crippen molar-refractivity contribution in [2.24, 2.45) is 0 Å². The number of unbranched alkanes of at least 4 members (excludes halogenated alkanes) is 15. The van der Waals surface area contributed by atoms with Crippen molar-refractivity contribution in [2.75, 3.05) is 19.8 Å². The van der Waals surface area contributed by atoms with Crippen LogP contribution in [-0.2, 0) is 28.5 Å². The molecule has 0 aliphatic carbocycles. The Morgan fingerprint density at radius 3 is 1.71 bits per heavy atom. The van der Waals surface area contributed by atoms with Crippen molar-refractivity contribution in [2.45, 2.75) is 192 Å². The fourth-order valence-electron chi connectivity index (χ4n) is 5.73. The summed E-state index contributed by atoms with van der Waals surface area (Å²) in [5, 5.41) is 39.9. The van der Waals surface area contributed by atoms with E-state index in [4.69, 9.17) is 18.9 Å². The summed E-state index contributed by atoms with van der Waals surface area (Å²) in [5.74, 6) is -0.837. The van der Waals surface area contributed by atoms with Gasteiger partial charge in [-0.05, 0) is 64.2 Å². The molecule has 51 heavy (non-hydrogen) atoms. The number of aliphatic hydroxyl groups is 4. The maximum atomic E-state index is 12.7. The van der Waals surface area contributed by atoms with E-state index in [1.54, 1.807) is 0 Å². The van der Waals surface area contributed by atoms with Crippen LogP contribution in [0.4, 0.5) is 0 Å². The topological polar surface area (TPSA) is 152 Å². The lowest BCUT2D eigenvalue weighted by atomic mass is 9.99. The summed E-state index contributed by atoms with van der Waals surface area (Å²) >= 11 is 0. The maximum Gasteiger partial charge on any atom is 0.306 e. The van der Waals surface area contributed by atoms with Gasteiger partial charge in [0.1, 0.15) is 31.0 Å². The molecule has 1 rings (SSSR count).